The van der Waals surface area contributed by atoms with Crippen LogP contribution < -0.4 is 5.32 Å². The van der Waals surface area contributed by atoms with Crippen molar-refractivity contribution in [2.24, 2.45) is 0 Å². The van der Waals surface area contributed by atoms with Crippen molar-refractivity contribution in [2.75, 3.05) is 32.9 Å². The van der Waals surface area contributed by atoms with E-state index in [9.17, 15) is 13.9 Å². The summed E-state index contributed by atoms with van der Waals surface area (Å²) in [6.45, 7) is 1.94. The van der Waals surface area contributed by atoms with E-state index in [1.165, 1.54) is 6.07 Å². The quantitative estimate of drug-likeness (QED) is 0.885. The van der Waals surface area contributed by atoms with E-state index in [0.717, 1.165) is 19.2 Å². The predicted molar refractivity (Wildman–Crippen MR) is 80.4 cm³/mol. The minimum atomic E-state index is -0.886. The Morgan fingerprint density at radius 1 is 1.33 bits per heavy atom. The third-order valence-corrected chi connectivity index (χ3v) is 3.32. The van der Waals surface area contributed by atoms with Crippen LogP contribution in [0.15, 0.2) is 12.1 Å². The molecule has 1 fully saturated rings. The zero-order valence-electron chi connectivity index (χ0n) is 11.2. The van der Waals surface area contributed by atoms with E-state index in [1.807, 2.05) is 11.0 Å². The van der Waals surface area contributed by atoms with Gasteiger partial charge in [0.1, 0.15) is 6.67 Å². The van der Waals surface area contributed by atoms with Crippen LogP contribution in [-0.4, -0.2) is 42.9 Å². The van der Waals surface area contributed by atoms with Crippen LogP contribution in [-0.2, 0) is 0 Å². The van der Waals surface area contributed by atoms with Crippen molar-refractivity contribution in [2.45, 2.75) is 6.04 Å². The van der Waals surface area contributed by atoms with Crippen molar-refractivity contribution in [1.29, 1.82) is 5.26 Å². The molecule has 1 aromatic rings. The van der Waals surface area contributed by atoms with Crippen LogP contribution in [0.3, 0.4) is 0 Å². The first-order valence-corrected chi connectivity index (χ1v) is 6.10. The molecule has 8 heteroatoms. The first kappa shape index (κ1) is 19.9. The molecular formula is C13H17Cl2F2N3O. The fourth-order valence-corrected chi connectivity index (χ4v) is 2.31. The number of hydrogen-bond donors (Lipinski definition) is 2. The van der Waals surface area contributed by atoms with E-state index >= 15 is 0 Å². The number of nitriles is 1. The summed E-state index contributed by atoms with van der Waals surface area (Å²) in [5, 5.41) is 21.7. The van der Waals surface area contributed by atoms with Crippen LogP contribution in [0.1, 0.15) is 17.2 Å². The Labute approximate surface area is 134 Å². The van der Waals surface area contributed by atoms with Gasteiger partial charge >= 0.3 is 0 Å². The molecular weight excluding hydrogens is 323 g/mol. The van der Waals surface area contributed by atoms with Crippen molar-refractivity contribution in [3.05, 3.63) is 29.1 Å². The Morgan fingerprint density at radius 2 is 1.95 bits per heavy atom. The lowest BCUT2D eigenvalue weighted by Gasteiger charge is -2.33. The first-order valence-electron chi connectivity index (χ1n) is 6.10. The number of alkyl halides is 1. The average Bonchev–Trinajstić information content (AvgIpc) is 2.45. The third-order valence-electron chi connectivity index (χ3n) is 3.32. The van der Waals surface area contributed by atoms with E-state index in [4.69, 9.17) is 5.26 Å². The summed E-state index contributed by atoms with van der Waals surface area (Å²) >= 11 is 0. The Hall–Kier alpha value is -1.13. The molecule has 0 aliphatic carbocycles. The molecule has 118 valence electrons. The number of nitrogens with zero attached hydrogens (tertiary/aromatic N) is 2. The van der Waals surface area contributed by atoms with Crippen molar-refractivity contribution >= 4 is 24.8 Å². The van der Waals surface area contributed by atoms with Crippen LogP contribution in [0.5, 0.6) is 5.75 Å². The van der Waals surface area contributed by atoms with Gasteiger partial charge in [-0.1, -0.05) is 0 Å². The monoisotopic (exact) mass is 339 g/mol. The van der Waals surface area contributed by atoms with Crippen LogP contribution in [0, 0.1) is 17.1 Å². The van der Waals surface area contributed by atoms with Crippen molar-refractivity contribution in [1.82, 2.24) is 10.2 Å². The van der Waals surface area contributed by atoms with Gasteiger partial charge in [0, 0.05) is 31.7 Å². The van der Waals surface area contributed by atoms with Gasteiger partial charge in [0.2, 0.25) is 0 Å². The SMILES string of the molecule is Cl.Cl.N#Cc1cc(F)c(O)c([C@@H](CF)N2CCNCC2)c1. The van der Waals surface area contributed by atoms with E-state index in [-0.39, 0.29) is 35.9 Å². The van der Waals surface area contributed by atoms with Crippen LogP contribution in [0.4, 0.5) is 8.78 Å². The van der Waals surface area contributed by atoms with E-state index in [0.29, 0.717) is 13.1 Å². The number of benzene rings is 1. The minimum absolute atomic E-state index is 0. The molecule has 2 N–H and O–H groups in total. The van der Waals surface area contributed by atoms with Crippen LogP contribution in [0.2, 0.25) is 0 Å². The molecule has 1 atom stereocenters. The third kappa shape index (κ3) is 4.42. The lowest BCUT2D eigenvalue weighted by Crippen LogP contribution is -2.45. The molecule has 1 saturated heterocycles. The Kier molecular flexibility index (Phi) is 8.52. The second-order valence-corrected chi connectivity index (χ2v) is 4.46. The highest BCUT2D eigenvalue weighted by atomic mass is 35.5. The molecule has 0 bridgehead atoms. The standard InChI is InChI=1S/C13H15F2N3O.2ClH/c14-7-12(18-3-1-17-2-4-18)10-5-9(8-16)6-11(15)13(10)19;;/h5-6,12,17,19H,1-4,7H2;2*1H/t12-;;/m1../s1. The van der Waals surface area contributed by atoms with E-state index in [2.05, 4.69) is 5.32 Å². The molecule has 0 spiro atoms. The van der Waals surface area contributed by atoms with Crippen molar-refractivity contribution in [3.8, 4) is 11.8 Å². The summed E-state index contributed by atoms with van der Waals surface area (Å²) < 4.78 is 26.8. The number of rotatable bonds is 3. The Bertz CT molecular complexity index is 505. The maximum atomic E-state index is 13.5. The van der Waals surface area contributed by atoms with Gasteiger partial charge in [-0.25, -0.2) is 8.78 Å². The van der Waals surface area contributed by atoms with Gasteiger partial charge in [-0.05, 0) is 12.1 Å². The number of hydrogen-bond acceptors (Lipinski definition) is 4. The summed E-state index contributed by atoms with van der Waals surface area (Å²) in [6.07, 6.45) is 0. The summed E-state index contributed by atoms with van der Waals surface area (Å²) in [5.74, 6) is -1.46. The molecule has 0 saturated carbocycles. The summed E-state index contributed by atoms with van der Waals surface area (Å²) in [6, 6.07) is 3.40. The highest BCUT2D eigenvalue weighted by Gasteiger charge is 2.26. The van der Waals surface area contributed by atoms with Gasteiger partial charge in [0.25, 0.3) is 0 Å². The highest BCUT2D eigenvalue weighted by Crippen LogP contribution is 2.32. The van der Waals surface area contributed by atoms with Crippen molar-refractivity contribution < 1.29 is 13.9 Å². The number of nitrogens with one attached hydrogen (secondary N) is 1. The van der Waals surface area contributed by atoms with Gasteiger partial charge in [-0.2, -0.15) is 5.26 Å². The van der Waals surface area contributed by atoms with Crippen LogP contribution >= 0.6 is 24.8 Å². The van der Waals surface area contributed by atoms with Gasteiger partial charge in [0.15, 0.2) is 11.6 Å². The second-order valence-electron chi connectivity index (χ2n) is 4.46. The fraction of sp³-hybridized carbons (Fsp3) is 0.462. The minimum Gasteiger partial charge on any atom is -0.505 e. The van der Waals surface area contributed by atoms with Crippen LogP contribution in [0.25, 0.3) is 0 Å². The van der Waals surface area contributed by atoms with Crippen molar-refractivity contribution in [3.63, 3.8) is 0 Å². The number of piperazine rings is 1. The molecule has 2 rings (SSSR count). The second kappa shape index (κ2) is 9.00. The summed E-state index contributed by atoms with van der Waals surface area (Å²) in [7, 11) is 0. The molecule has 1 aromatic carbocycles. The number of halogens is 4. The number of aromatic hydroxyl groups is 1. The number of phenols is 1. The Morgan fingerprint density at radius 3 is 2.48 bits per heavy atom. The zero-order chi connectivity index (χ0) is 13.8. The average molecular weight is 340 g/mol. The smallest absolute Gasteiger partial charge is 0.166 e. The molecule has 0 amide bonds. The molecule has 0 unspecified atom stereocenters. The van der Waals surface area contributed by atoms with Gasteiger partial charge in [-0.3, -0.25) is 4.90 Å². The molecule has 1 heterocycles. The zero-order valence-corrected chi connectivity index (χ0v) is 12.8. The lowest BCUT2D eigenvalue weighted by atomic mass is 10.0. The number of phenolic OH excluding ortho intramolecular Hbond substituents is 1. The molecule has 1 aliphatic rings. The fourth-order valence-electron chi connectivity index (χ4n) is 2.31. The van der Waals surface area contributed by atoms with E-state index < -0.39 is 24.3 Å². The van der Waals surface area contributed by atoms with Gasteiger partial charge in [-0.15, -0.1) is 24.8 Å². The molecule has 21 heavy (non-hydrogen) atoms. The molecule has 0 radical (unpaired) electrons. The predicted octanol–water partition coefficient (Wildman–Crippen LogP) is 2.16. The molecule has 0 aromatic heterocycles. The highest BCUT2D eigenvalue weighted by molar-refractivity contribution is 5.85. The topological polar surface area (TPSA) is 59.3 Å². The van der Waals surface area contributed by atoms with Gasteiger partial charge in [0.05, 0.1) is 17.7 Å². The maximum Gasteiger partial charge on any atom is 0.166 e. The molecule has 1 aliphatic heterocycles. The maximum absolute atomic E-state index is 13.5. The lowest BCUT2D eigenvalue weighted by molar-refractivity contribution is 0.144. The largest absolute Gasteiger partial charge is 0.505 e. The summed E-state index contributed by atoms with van der Waals surface area (Å²) in [4.78, 5) is 1.84. The first-order chi connectivity index (χ1) is 9.17. The Balaban J connectivity index is 0.00000200. The van der Waals surface area contributed by atoms with Gasteiger partial charge < -0.3 is 10.4 Å². The summed E-state index contributed by atoms with van der Waals surface area (Å²) in [5.41, 5.74) is 0.222. The van der Waals surface area contributed by atoms with E-state index in [1.54, 1.807) is 0 Å². The molecule has 4 nitrogen and oxygen atoms in total. The normalized spacial score (nSPS) is 16.2.